The van der Waals surface area contributed by atoms with Gasteiger partial charge in [0.2, 0.25) is 0 Å². The van der Waals surface area contributed by atoms with Gasteiger partial charge in [0, 0.05) is 24.7 Å². The molecule has 0 amide bonds. The van der Waals surface area contributed by atoms with Crippen molar-refractivity contribution in [2.24, 2.45) is 5.73 Å². The molecule has 3 heteroatoms. The molecule has 15 heavy (non-hydrogen) atoms. The van der Waals surface area contributed by atoms with Gasteiger partial charge in [-0.2, -0.15) is 0 Å². The highest BCUT2D eigenvalue weighted by molar-refractivity contribution is 4.91. The van der Waals surface area contributed by atoms with E-state index in [4.69, 9.17) is 5.73 Å². The van der Waals surface area contributed by atoms with Crippen molar-refractivity contribution < 1.29 is 0 Å². The maximum Gasteiger partial charge on any atom is 0.0301 e. The monoisotopic (exact) mass is 213 g/mol. The molecule has 0 saturated carbocycles. The van der Waals surface area contributed by atoms with E-state index in [0.717, 1.165) is 13.0 Å². The molecule has 0 aromatic rings. The second kappa shape index (κ2) is 5.28. The molecule has 0 radical (unpaired) electrons. The third-order valence-electron chi connectivity index (χ3n) is 4.09. The second-order valence-corrected chi connectivity index (χ2v) is 5.26. The number of likely N-dealkylation sites (N-methyl/N-ethyl adjacent to an activating group) is 1. The predicted octanol–water partition coefficient (Wildman–Crippen LogP) is 1.14. The lowest BCUT2D eigenvalue weighted by Crippen LogP contribution is -2.57. The number of nitrogens with zero attached hydrogens (tertiary/aromatic N) is 2. The average Bonchev–Trinajstić information content (AvgIpc) is 2.28. The lowest BCUT2D eigenvalue weighted by molar-refractivity contribution is 0.0432. The van der Waals surface area contributed by atoms with Crippen LogP contribution in [0.1, 0.15) is 33.1 Å². The van der Waals surface area contributed by atoms with E-state index in [1.165, 1.54) is 25.9 Å². The fourth-order valence-corrected chi connectivity index (χ4v) is 2.36. The summed E-state index contributed by atoms with van der Waals surface area (Å²) in [5.74, 6) is 0. The van der Waals surface area contributed by atoms with Crippen molar-refractivity contribution in [3.8, 4) is 0 Å². The normalized spacial score (nSPS) is 28.0. The average molecular weight is 213 g/mol. The van der Waals surface area contributed by atoms with Gasteiger partial charge in [-0.3, -0.25) is 4.90 Å². The summed E-state index contributed by atoms with van der Waals surface area (Å²) in [5.41, 5.74) is 6.12. The Morgan fingerprint density at radius 1 is 1.47 bits per heavy atom. The summed E-state index contributed by atoms with van der Waals surface area (Å²) >= 11 is 0. The van der Waals surface area contributed by atoms with E-state index in [-0.39, 0.29) is 5.54 Å². The number of hydrogen-bond acceptors (Lipinski definition) is 3. The molecule has 0 bridgehead atoms. The number of nitrogens with two attached hydrogens (primary N) is 1. The van der Waals surface area contributed by atoms with Crippen LogP contribution in [0.2, 0.25) is 0 Å². The van der Waals surface area contributed by atoms with Crippen LogP contribution >= 0.6 is 0 Å². The third-order valence-corrected chi connectivity index (χ3v) is 4.09. The predicted molar refractivity (Wildman–Crippen MR) is 66.0 cm³/mol. The lowest BCUT2D eigenvalue weighted by Gasteiger charge is -2.46. The van der Waals surface area contributed by atoms with Gasteiger partial charge in [-0.25, -0.2) is 0 Å². The Bertz CT molecular complexity index is 187. The van der Waals surface area contributed by atoms with Gasteiger partial charge in [0.15, 0.2) is 0 Å². The SMILES string of the molecule is CCC(C)(CN)N1CCCC(N(C)C)C1. The van der Waals surface area contributed by atoms with Crippen LogP contribution in [0.5, 0.6) is 0 Å². The van der Waals surface area contributed by atoms with E-state index in [0.29, 0.717) is 6.04 Å². The van der Waals surface area contributed by atoms with Crippen molar-refractivity contribution in [3.05, 3.63) is 0 Å². The molecular weight excluding hydrogens is 186 g/mol. The molecule has 2 unspecified atom stereocenters. The molecule has 1 fully saturated rings. The first-order valence-electron chi connectivity index (χ1n) is 6.15. The first-order valence-corrected chi connectivity index (χ1v) is 6.15. The summed E-state index contributed by atoms with van der Waals surface area (Å²) in [5, 5.41) is 0. The van der Waals surface area contributed by atoms with Crippen LogP contribution in [-0.4, -0.2) is 55.1 Å². The minimum Gasteiger partial charge on any atom is -0.329 e. The minimum absolute atomic E-state index is 0.203. The van der Waals surface area contributed by atoms with Crippen LogP contribution < -0.4 is 5.73 Å². The van der Waals surface area contributed by atoms with Gasteiger partial charge in [0.1, 0.15) is 0 Å². The molecule has 1 saturated heterocycles. The molecule has 90 valence electrons. The van der Waals surface area contributed by atoms with Crippen molar-refractivity contribution in [2.75, 3.05) is 33.7 Å². The Morgan fingerprint density at radius 2 is 2.13 bits per heavy atom. The Labute approximate surface area is 94.6 Å². The molecule has 1 aliphatic rings. The Kier molecular flexibility index (Phi) is 4.56. The van der Waals surface area contributed by atoms with E-state index in [2.05, 4.69) is 37.7 Å². The quantitative estimate of drug-likeness (QED) is 0.760. The van der Waals surface area contributed by atoms with Gasteiger partial charge in [0.25, 0.3) is 0 Å². The van der Waals surface area contributed by atoms with Crippen molar-refractivity contribution >= 4 is 0 Å². The summed E-state index contributed by atoms with van der Waals surface area (Å²) in [6.45, 7) is 7.70. The summed E-state index contributed by atoms with van der Waals surface area (Å²) < 4.78 is 0. The summed E-state index contributed by atoms with van der Waals surface area (Å²) in [6, 6.07) is 0.705. The summed E-state index contributed by atoms with van der Waals surface area (Å²) in [7, 11) is 4.36. The molecular formula is C12H27N3. The molecule has 0 aromatic carbocycles. The van der Waals surface area contributed by atoms with Gasteiger partial charge in [-0.1, -0.05) is 6.92 Å². The highest BCUT2D eigenvalue weighted by Gasteiger charge is 2.33. The number of hydrogen-bond donors (Lipinski definition) is 1. The molecule has 1 rings (SSSR count). The van der Waals surface area contributed by atoms with Crippen molar-refractivity contribution in [2.45, 2.75) is 44.7 Å². The van der Waals surface area contributed by atoms with Gasteiger partial charge < -0.3 is 10.6 Å². The molecule has 2 atom stereocenters. The van der Waals surface area contributed by atoms with Crippen LogP contribution in [0, 0.1) is 0 Å². The van der Waals surface area contributed by atoms with Crippen LogP contribution in [0.4, 0.5) is 0 Å². The zero-order chi connectivity index (χ0) is 11.5. The van der Waals surface area contributed by atoms with Crippen molar-refractivity contribution in [3.63, 3.8) is 0 Å². The van der Waals surface area contributed by atoms with Gasteiger partial charge in [0.05, 0.1) is 0 Å². The van der Waals surface area contributed by atoms with E-state index in [9.17, 15) is 0 Å². The maximum absolute atomic E-state index is 5.91. The number of rotatable bonds is 4. The van der Waals surface area contributed by atoms with Gasteiger partial charge >= 0.3 is 0 Å². The van der Waals surface area contributed by atoms with Gasteiger partial charge in [-0.05, 0) is 46.8 Å². The van der Waals surface area contributed by atoms with Gasteiger partial charge in [-0.15, -0.1) is 0 Å². The first kappa shape index (κ1) is 12.9. The van der Waals surface area contributed by atoms with E-state index < -0.39 is 0 Å². The van der Waals surface area contributed by atoms with Crippen LogP contribution in [-0.2, 0) is 0 Å². The third kappa shape index (κ3) is 2.92. The Morgan fingerprint density at radius 3 is 2.60 bits per heavy atom. The van der Waals surface area contributed by atoms with Crippen LogP contribution in [0.15, 0.2) is 0 Å². The first-order chi connectivity index (χ1) is 7.03. The van der Waals surface area contributed by atoms with E-state index >= 15 is 0 Å². The fourth-order valence-electron chi connectivity index (χ4n) is 2.36. The smallest absolute Gasteiger partial charge is 0.0301 e. The Balaban J connectivity index is 2.62. The summed E-state index contributed by atoms with van der Waals surface area (Å²) in [6.07, 6.45) is 3.77. The number of likely N-dealkylation sites (tertiary alicyclic amines) is 1. The zero-order valence-electron chi connectivity index (χ0n) is 10.8. The lowest BCUT2D eigenvalue weighted by atomic mass is 9.92. The number of piperidine rings is 1. The van der Waals surface area contributed by atoms with Crippen LogP contribution in [0.25, 0.3) is 0 Å². The molecule has 1 aliphatic heterocycles. The minimum atomic E-state index is 0.203. The molecule has 3 nitrogen and oxygen atoms in total. The Hall–Kier alpha value is -0.120. The standard InChI is InChI=1S/C12H27N3/c1-5-12(2,10-13)15-8-6-7-11(9-15)14(3)4/h11H,5-10,13H2,1-4H3. The molecule has 0 aromatic heterocycles. The topological polar surface area (TPSA) is 32.5 Å². The second-order valence-electron chi connectivity index (χ2n) is 5.26. The molecule has 0 spiro atoms. The van der Waals surface area contributed by atoms with E-state index in [1.807, 2.05) is 0 Å². The highest BCUT2D eigenvalue weighted by Crippen LogP contribution is 2.24. The maximum atomic E-state index is 5.91. The highest BCUT2D eigenvalue weighted by atomic mass is 15.3. The fraction of sp³-hybridized carbons (Fsp3) is 1.00. The van der Waals surface area contributed by atoms with Crippen molar-refractivity contribution in [1.82, 2.24) is 9.80 Å². The van der Waals surface area contributed by atoms with Crippen LogP contribution in [0.3, 0.4) is 0 Å². The van der Waals surface area contributed by atoms with Crippen molar-refractivity contribution in [1.29, 1.82) is 0 Å². The molecule has 1 heterocycles. The summed E-state index contributed by atoms with van der Waals surface area (Å²) in [4.78, 5) is 4.93. The molecule has 0 aliphatic carbocycles. The largest absolute Gasteiger partial charge is 0.329 e. The molecule has 2 N–H and O–H groups in total. The van der Waals surface area contributed by atoms with E-state index in [1.54, 1.807) is 0 Å². The zero-order valence-corrected chi connectivity index (χ0v) is 10.8.